The monoisotopic (exact) mass is 305 g/mol. The SMILES string of the molecule is CCC(C)Nc1ccnc(C(=O)Nc2c(F)cccc2F)c1. The summed E-state index contributed by atoms with van der Waals surface area (Å²) < 4.78 is 27.1. The molecule has 22 heavy (non-hydrogen) atoms. The fourth-order valence-corrected chi connectivity index (χ4v) is 1.83. The first-order chi connectivity index (χ1) is 10.5. The van der Waals surface area contributed by atoms with Gasteiger partial charge in [0, 0.05) is 17.9 Å². The lowest BCUT2D eigenvalue weighted by Crippen LogP contribution is -2.17. The van der Waals surface area contributed by atoms with E-state index >= 15 is 0 Å². The summed E-state index contributed by atoms with van der Waals surface area (Å²) in [7, 11) is 0. The van der Waals surface area contributed by atoms with E-state index in [1.807, 2.05) is 13.8 Å². The molecule has 1 atom stereocenters. The first kappa shape index (κ1) is 15.9. The molecule has 0 bridgehead atoms. The molecule has 4 nitrogen and oxygen atoms in total. The molecule has 1 aromatic carbocycles. The maximum Gasteiger partial charge on any atom is 0.274 e. The van der Waals surface area contributed by atoms with Crippen molar-refractivity contribution in [3.8, 4) is 0 Å². The van der Waals surface area contributed by atoms with Crippen LogP contribution >= 0.6 is 0 Å². The summed E-state index contributed by atoms with van der Waals surface area (Å²) in [6, 6.07) is 6.89. The predicted molar refractivity (Wildman–Crippen MR) is 81.9 cm³/mol. The van der Waals surface area contributed by atoms with E-state index < -0.39 is 23.2 Å². The maximum absolute atomic E-state index is 13.5. The van der Waals surface area contributed by atoms with E-state index in [-0.39, 0.29) is 11.7 Å². The average molecular weight is 305 g/mol. The Labute approximate surface area is 127 Å². The van der Waals surface area contributed by atoms with Crippen molar-refractivity contribution in [1.82, 2.24) is 4.98 Å². The van der Waals surface area contributed by atoms with Crippen molar-refractivity contribution in [3.63, 3.8) is 0 Å². The molecule has 0 spiro atoms. The van der Waals surface area contributed by atoms with Crippen molar-refractivity contribution in [2.75, 3.05) is 10.6 Å². The number of hydrogen-bond acceptors (Lipinski definition) is 3. The molecule has 0 saturated carbocycles. The molecule has 0 saturated heterocycles. The Kier molecular flexibility index (Phi) is 5.04. The van der Waals surface area contributed by atoms with Crippen LogP contribution in [0.2, 0.25) is 0 Å². The zero-order valence-corrected chi connectivity index (χ0v) is 12.4. The van der Waals surface area contributed by atoms with E-state index in [1.165, 1.54) is 12.3 Å². The van der Waals surface area contributed by atoms with Crippen molar-refractivity contribution in [2.24, 2.45) is 0 Å². The van der Waals surface area contributed by atoms with Crippen LogP contribution in [-0.2, 0) is 0 Å². The zero-order valence-electron chi connectivity index (χ0n) is 12.4. The molecule has 0 aliphatic carbocycles. The molecule has 1 amide bonds. The third kappa shape index (κ3) is 3.78. The largest absolute Gasteiger partial charge is 0.382 e. The minimum atomic E-state index is -0.831. The molecule has 1 heterocycles. The Morgan fingerprint density at radius 1 is 1.27 bits per heavy atom. The maximum atomic E-state index is 13.5. The first-order valence-corrected chi connectivity index (χ1v) is 6.99. The van der Waals surface area contributed by atoms with Gasteiger partial charge in [0.25, 0.3) is 5.91 Å². The number of pyridine rings is 1. The highest BCUT2D eigenvalue weighted by molar-refractivity contribution is 6.03. The highest BCUT2D eigenvalue weighted by Crippen LogP contribution is 2.19. The van der Waals surface area contributed by atoms with Gasteiger partial charge >= 0.3 is 0 Å². The Morgan fingerprint density at radius 2 is 1.95 bits per heavy atom. The highest BCUT2D eigenvalue weighted by atomic mass is 19.1. The van der Waals surface area contributed by atoms with E-state index in [1.54, 1.807) is 12.1 Å². The van der Waals surface area contributed by atoms with Crippen LogP contribution in [0.1, 0.15) is 30.8 Å². The number of amides is 1. The fraction of sp³-hybridized carbons (Fsp3) is 0.250. The van der Waals surface area contributed by atoms with Gasteiger partial charge in [-0.25, -0.2) is 8.78 Å². The number of carbonyl (C=O) groups is 1. The third-order valence-electron chi connectivity index (χ3n) is 3.22. The van der Waals surface area contributed by atoms with Crippen molar-refractivity contribution in [2.45, 2.75) is 26.3 Å². The molecule has 0 aliphatic rings. The summed E-state index contributed by atoms with van der Waals surface area (Å²) in [5, 5.41) is 5.42. The average Bonchev–Trinajstić information content (AvgIpc) is 2.51. The van der Waals surface area contributed by atoms with E-state index in [0.29, 0.717) is 0 Å². The van der Waals surface area contributed by atoms with Crippen molar-refractivity contribution >= 4 is 17.3 Å². The standard InChI is InChI=1S/C16H17F2N3O/c1-3-10(2)20-11-7-8-19-14(9-11)16(22)21-15-12(17)5-4-6-13(15)18/h4-10H,3H2,1-2H3,(H,19,20)(H,21,22). The highest BCUT2D eigenvalue weighted by Gasteiger charge is 2.14. The lowest BCUT2D eigenvalue weighted by molar-refractivity contribution is 0.102. The van der Waals surface area contributed by atoms with Crippen LogP contribution in [0.25, 0.3) is 0 Å². The number of benzene rings is 1. The summed E-state index contributed by atoms with van der Waals surface area (Å²) >= 11 is 0. The van der Waals surface area contributed by atoms with E-state index in [2.05, 4.69) is 15.6 Å². The van der Waals surface area contributed by atoms with Crippen LogP contribution in [0.3, 0.4) is 0 Å². The Hall–Kier alpha value is -2.50. The quantitative estimate of drug-likeness (QED) is 0.883. The van der Waals surface area contributed by atoms with Gasteiger partial charge in [-0.1, -0.05) is 13.0 Å². The van der Waals surface area contributed by atoms with Gasteiger partial charge in [-0.15, -0.1) is 0 Å². The number of anilines is 2. The molecular formula is C16H17F2N3O. The number of para-hydroxylation sites is 1. The summed E-state index contributed by atoms with van der Waals surface area (Å²) in [5.41, 5.74) is 0.328. The zero-order chi connectivity index (χ0) is 16.1. The summed E-state index contributed by atoms with van der Waals surface area (Å²) in [6.07, 6.45) is 2.39. The summed E-state index contributed by atoms with van der Waals surface area (Å²) in [5.74, 6) is -2.33. The van der Waals surface area contributed by atoms with Gasteiger partial charge in [0.05, 0.1) is 0 Å². The second-order valence-electron chi connectivity index (χ2n) is 4.93. The van der Waals surface area contributed by atoms with Gasteiger partial charge in [-0.05, 0) is 37.6 Å². The topological polar surface area (TPSA) is 54.0 Å². The minimum absolute atomic E-state index is 0.0796. The van der Waals surface area contributed by atoms with Gasteiger partial charge in [-0.3, -0.25) is 9.78 Å². The predicted octanol–water partition coefficient (Wildman–Crippen LogP) is 3.82. The number of carbonyl (C=O) groups excluding carboxylic acids is 1. The molecule has 2 rings (SSSR count). The van der Waals surface area contributed by atoms with Crippen LogP contribution in [0.5, 0.6) is 0 Å². The van der Waals surface area contributed by atoms with Crippen LogP contribution in [-0.4, -0.2) is 16.9 Å². The Bertz CT molecular complexity index is 656. The normalized spacial score (nSPS) is 11.8. The second kappa shape index (κ2) is 6.98. The number of rotatable bonds is 5. The van der Waals surface area contributed by atoms with Crippen LogP contribution in [0.4, 0.5) is 20.2 Å². The molecule has 1 unspecified atom stereocenters. The van der Waals surface area contributed by atoms with Crippen molar-refractivity contribution in [3.05, 3.63) is 53.9 Å². The van der Waals surface area contributed by atoms with E-state index in [9.17, 15) is 13.6 Å². The lowest BCUT2D eigenvalue weighted by Gasteiger charge is -2.13. The number of halogens is 2. The van der Waals surface area contributed by atoms with Gasteiger partial charge < -0.3 is 10.6 Å². The van der Waals surface area contributed by atoms with E-state index in [4.69, 9.17) is 0 Å². The molecule has 1 aromatic heterocycles. The third-order valence-corrected chi connectivity index (χ3v) is 3.22. The fourth-order valence-electron chi connectivity index (χ4n) is 1.83. The minimum Gasteiger partial charge on any atom is -0.382 e. The first-order valence-electron chi connectivity index (χ1n) is 6.99. The number of nitrogens with one attached hydrogen (secondary N) is 2. The van der Waals surface area contributed by atoms with Gasteiger partial charge in [0.2, 0.25) is 0 Å². The molecule has 6 heteroatoms. The number of nitrogens with zero attached hydrogens (tertiary/aromatic N) is 1. The van der Waals surface area contributed by atoms with Crippen LogP contribution in [0.15, 0.2) is 36.5 Å². The van der Waals surface area contributed by atoms with Gasteiger partial charge in [-0.2, -0.15) is 0 Å². The second-order valence-corrected chi connectivity index (χ2v) is 4.93. The number of hydrogen-bond donors (Lipinski definition) is 2. The van der Waals surface area contributed by atoms with Crippen LogP contribution < -0.4 is 10.6 Å². The summed E-state index contributed by atoms with van der Waals surface area (Å²) in [6.45, 7) is 4.04. The van der Waals surface area contributed by atoms with Crippen molar-refractivity contribution in [1.29, 1.82) is 0 Å². The van der Waals surface area contributed by atoms with Gasteiger partial charge in [0.15, 0.2) is 0 Å². The molecular weight excluding hydrogens is 288 g/mol. The van der Waals surface area contributed by atoms with Gasteiger partial charge in [0.1, 0.15) is 23.0 Å². The lowest BCUT2D eigenvalue weighted by atomic mass is 10.2. The number of aromatic nitrogens is 1. The van der Waals surface area contributed by atoms with E-state index in [0.717, 1.165) is 24.2 Å². The molecule has 0 radical (unpaired) electrons. The van der Waals surface area contributed by atoms with Crippen molar-refractivity contribution < 1.29 is 13.6 Å². The Morgan fingerprint density at radius 3 is 2.59 bits per heavy atom. The molecule has 2 aromatic rings. The molecule has 0 aliphatic heterocycles. The molecule has 0 fully saturated rings. The van der Waals surface area contributed by atoms with Crippen LogP contribution in [0, 0.1) is 11.6 Å². The Balaban J connectivity index is 2.18. The molecule has 2 N–H and O–H groups in total. The summed E-state index contributed by atoms with van der Waals surface area (Å²) in [4.78, 5) is 16.0. The smallest absolute Gasteiger partial charge is 0.274 e. The molecule has 116 valence electrons.